The molecule has 0 saturated heterocycles. The van der Waals surface area contributed by atoms with E-state index in [9.17, 15) is 4.79 Å². The standard InChI is InChI=1S/C15H24N2O2/c1-4-5-10-19-14-8-6-12(11-13(14)16)7-9-15(18)17(2)3/h6,8,11H,4-5,7,9-10,16H2,1-3H3. The molecule has 0 saturated carbocycles. The van der Waals surface area contributed by atoms with Gasteiger partial charge in [-0.15, -0.1) is 0 Å². The summed E-state index contributed by atoms with van der Waals surface area (Å²) in [5.41, 5.74) is 7.66. The molecule has 4 nitrogen and oxygen atoms in total. The third-order valence-corrected chi connectivity index (χ3v) is 2.96. The van der Waals surface area contributed by atoms with Crippen molar-refractivity contribution in [3.63, 3.8) is 0 Å². The molecule has 0 aliphatic rings. The number of carbonyl (C=O) groups is 1. The van der Waals surface area contributed by atoms with Gasteiger partial charge in [-0.3, -0.25) is 4.79 Å². The summed E-state index contributed by atoms with van der Waals surface area (Å²) in [6.07, 6.45) is 3.34. The fraction of sp³-hybridized carbons (Fsp3) is 0.533. The number of hydrogen-bond acceptors (Lipinski definition) is 3. The number of unbranched alkanes of at least 4 members (excludes halogenated alkanes) is 1. The monoisotopic (exact) mass is 264 g/mol. The number of aryl methyl sites for hydroxylation is 1. The van der Waals surface area contributed by atoms with E-state index in [0.29, 0.717) is 25.1 Å². The Morgan fingerprint density at radius 3 is 2.68 bits per heavy atom. The van der Waals surface area contributed by atoms with Crippen molar-refractivity contribution in [2.45, 2.75) is 32.6 Å². The van der Waals surface area contributed by atoms with Gasteiger partial charge in [0.1, 0.15) is 5.75 Å². The highest BCUT2D eigenvalue weighted by Gasteiger charge is 2.06. The van der Waals surface area contributed by atoms with Crippen LogP contribution in [0.4, 0.5) is 5.69 Å². The first-order valence-corrected chi connectivity index (χ1v) is 6.76. The normalized spacial score (nSPS) is 10.3. The summed E-state index contributed by atoms with van der Waals surface area (Å²) in [5, 5.41) is 0. The molecule has 0 aliphatic carbocycles. The minimum atomic E-state index is 0.127. The van der Waals surface area contributed by atoms with Crippen LogP contribution in [0, 0.1) is 0 Å². The second kappa shape index (κ2) is 7.67. The van der Waals surface area contributed by atoms with Crippen LogP contribution in [-0.4, -0.2) is 31.5 Å². The van der Waals surface area contributed by atoms with Crippen molar-refractivity contribution in [1.82, 2.24) is 4.90 Å². The Morgan fingerprint density at radius 1 is 1.37 bits per heavy atom. The summed E-state index contributed by atoms with van der Waals surface area (Å²) in [6, 6.07) is 5.76. The Morgan fingerprint density at radius 2 is 2.11 bits per heavy atom. The fourth-order valence-corrected chi connectivity index (χ4v) is 1.69. The fourth-order valence-electron chi connectivity index (χ4n) is 1.69. The van der Waals surface area contributed by atoms with E-state index in [4.69, 9.17) is 10.5 Å². The van der Waals surface area contributed by atoms with Crippen LogP contribution in [0.3, 0.4) is 0 Å². The number of anilines is 1. The molecule has 4 heteroatoms. The van der Waals surface area contributed by atoms with Gasteiger partial charge < -0.3 is 15.4 Å². The predicted octanol–water partition coefficient (Wildman–Crippen LogP) is 2.47. The maximum Gasteiger partial charge on any atom is 0.222 e. The minimum Gasteiger partial charge on any atom is -0.491 e. The molecule has 0 fully saturated rings. The topological polar surface area (TPSA) is 55.6 Å². The van der Waals surface area contributed by atoms with E-state index in [1.807, 2.05) is 18.2 Å². The van der Waals surface area contributed by atoms with Crippen LogP contribution in [0.1, 0.15) is 31.7 Å². The van der Waals surface area contributed by atoms with E-state index in [1.54, 1.807) is 19.0 Å². The Labute approximate surface area is 115 Å². The zero-order valence-corrected chi connectivity index (χ0v) is 12.1. The number of rotatable bonds is 7. The van der Waals surface area contributed by atoms with E-state index in [1.165, 1.54) is 0 Å². The summed E-state index contributed by atoms with van der Waals surface area (Å²) in [6.45, 7) is 2.82. The number of amides is 1. The summed E-state index contributed by atoms with van der Waals surface area (Å²) < 4.78 is 5.60. The lowest BCUT2D eigenvalue weighted by Gasteiger charge is -2.12. The van der Waals surface area contributed by atoms with Gasteiger partial charge in [-0.2, -0.15) is 0 Å². The summed E-state index contributed by atoms with van der Waals surface area (Å²) in [4.78, 5) is 13.1. The third-order valence-electron chi connectivity index (χ3n) is 2.96. The smallest absolute Gasteiger partial charge is 0.222 e. The minimum absolute atomic E-state index is 0.127. The quantitative estimate of drug-likeness (QED) is 0.608. The molecule has 1 aromatic carbocycles. The molecular formula is C15H24N2O2. The first-order valence-electron chi connectivity index (χ1n) is 6.76. The number of nitrogen functional groups attached to an aromatic ring is 1. The number of nitrogens with zero attached hydrogens (tertiary/aromatic N) is 1. The third kappa shape index (κ3) is 5.20. The van der Waals surface area contributed by atoms with Crippen molar-refractivity contribution in [1.29, 1.82) is 0 Å². The SMILES string of the molecule is CCCCOc1ccc(CCC(=O)N(C)C)cc1N. The van der Waals surface area contributed by atoms with Crippen LogP contribution < -0.4 is 10.5 Å². The molecule has 106 valence electrons. The molecule has 19 heavy (non-hydrogen) atoms. The first-order chi connectivity index (χ1) is 9.04. The second-order valence-electron chi connectivity index (χ2n) is 4.86. The van der Waals surface area contributed by atoms with Gasteiger partial charge in [-0.25, -0.2) is 0 Å². The van der Waals surface area contributed by atoms with Gasteiger partial charge in [0.15, 0.2) is 0 Å². The van der Waals surface area contributed by atoms with Gasteiger partial charge in [0.05, 0.1) is 12.3 Å². The van der Waals surface area contributed by atoms with Crippen LogP contribution in [0.2, 0.25) is 0 Å². The molecule has 1 amide bonds. The number of hydrogen-bond donors (Lipinski definition) is 1. The average molecular weight is 264 g/mol. The van der Waals surface area contributed by atoms with E-state index >= 15 is 0 Å². The van der Waals surface area contributed by atoms with Gasteiger partial charge in [-0.1, -0.05) is 19.4 Å². The lowest BCUT2D eigenvalue weighted by Crippen LogP contribution is -2.21. The zero-order chi connectivity index (χ0) is 14.3. The van der Waals surface area contributed by atoms with E-state index in [2.05, 4.69) is 6.92 Å². The molecule has 0 heterocycles. The van der Waals surface area contributed by atoms with Gasteiger partial charge in [0, 0.05) is 20.5 Å². The van der Waals surface area contributed by atoms with Gasteiger partial charge >= 0.3 is 0 Å². The predicted molar refractivity (Wildman–Crippen MR) is 78.3 cm³/mol. The van der Waals surface area contributed by atoms with Crippen molar-refractivity contribution < 1.29 is 9.53 Å². The van der Waals surface area contributed by atoms with Crippen molar-refractivity contribution in [2.24, 2.45) is 0 Å². The van der Waals surface area contributed by atoms with Crippen molar-refractivity contribution >= 4 is 11.6 Å². The molecule has 0 aromatic heterocycles. The molecule has 2 N–H and O–H groups in total. The van der Waals surface area contributed by atoms with E-state index in [0.717, 1.165) is 24.2 Å². The van der Waals surface area contributed by atoms with Crippen LogP contribution in [0.25, 0.3) is 0 Å². The van der Waals surface area contributed by atoms with Crippen molar-refractivity contribution in [2.75, 3.05) is 26.4 Å². The van der Waals surface area contributed by atoms with Crippen molar-refractivity contribution in [3.8, 4) is 5.75 Å². The summed E-state index contributed by atoms with van der Waals surface area (Å²) >= 11 is 0. The molecule has 1 aromatic rings. The maximum absolute atomic E-state index is 11.5. The molecule has 0 radical (unpaired) electrons. The van der Waals surface area contributed by atoms with Gasteiger partial charge in [-0.05, 0) is 30.5 Å². The Balaban J connectivity index is 2.54. The molecule has 0 atom stereocenters. The average Bonchev–Trinajstić information content (AvgIpc) is 2.38. The highest BCUT2D eigenvalue weighted by Crippen LogP contribution is 2.23. The number of ether oxygens (including phenoxy) is 1. The first kappa shape index (κ1) is 15.3. The van der Waals surface area contributed by atoms with Crippen LogP contribution >= 0.6 is 0 Å². The molecule has 0 spiro atoms. The van der Waals surface area contributed by atoms with Crippen LogP contribution in [0.15, 0.2) is 18.2 Å². The largest absolute Gasteiger partial charge is 0.491 e. The molecule has 0 bridgehead atoms. The lowest BCUT2D eigenvalue weighted by atomic mass is 10.1. The molecule has 0 aliphatic heterocycles. The number of carbonyl (C=O) groups excluding carboxylic acids is 1. The zero-order valence-electron chi connectivity index (χ0n) is 12.1. The van der Waals surface area contributed by atoms with Gasteiger partial charge in [0.2, 0.25) is 5.91 Å². The maximum atomic E-state index is 11.5. The Bertz CT molecular complexity index is 417. The lowest BCUT2D eigenvalue weighted by molar-refractivity contribution is -0.128. The number of nitrogens with two attached hydrogens (primary N) is 1. The van der Waals surface area contributed by atoms with E-state index < -0.39 is 0 Å². The Hall–Kier alpha value is -1.71. The van der Waals surface area contributed by atoms with Crippen LogP contribution in [-0.2, 0) is 11.2 Å². The highest BCUT2D eigenvalue weighted by atomic mass is 16.5. The Kier molecular flexibility index (Phi) is 6.19. The molecule has 0 unspecified atom stereocenters. The summed E-state index contributed by atoms with van der Waals surface area (Å²) in [7, 11) is 3.53. The highest BCUT2D eigenvalue weighted by molar-refractivity contribution is 5.75. The molecular weight excluding hydrogens is 240 g/mol. The second-order valence-corrected chi connectivity index (χ2v) is 4.86. The van der Waals surface area contributed by atoms with E-state index in [-0.39, 0.29) is 5.91 Å². The van der Waals surface area contributed by atoms with Crippen LogP contribution in [0.5, 0.6) is 5.75 Å². The molecule has 1 rings (SSSR count). The number of benzene rings is 1. The van der Waals surface area contributed by atoms with Crippen molar-refractivity contribution in [3.05, 3.63) is 23.8 Å². The van der Waals surface area contributed by atoms with Gasteiger partial charge in [0.25, 0.3) is 0 Å². The summed E-state index contributed by atoms with van der Waals surface area (Å²) in [5.74, 6) is 0.859.